The molecule has 1 N–H and O–H groups in total. The third-order valence-electron chi connectivity index (χ3n) is 2.07. The van der Waals surface area contributed by atoms with Crippen LogP contribution in [0.2, 0.25) is 5.02 Å². The quantitative estimate of drug-likeness (QED) is 0.821. The summed E-state index contributed by atoms with van der Waals surface area (Å²) in [7, 11) is 0. The number of halogens is 3. The first kappa shape index (κ1) is 10.9. The number of rotatable bonds is 2. The summed E-state index contributed by atoms with van der Waals surface area (Å²) in [5.41, 5.74) is 0.768. The summed E-state index contributed by atoms with van der Waals surface area (Å²) < 4.78 is 26.0. The van der Waals surface area contributed by atoms with E-state index in [1.165, 1.54) is 12.1 Å². The zero-order valence-corrected chi connectivity index (χ0v) is 8.93. The summed E-state index contributed by atoms with van der Waals surface area (Å²) in [6, 6.07) is 10.3. The molecule has 0 aliphatic heterocycles. The average Bonchev–Trinajstić information content (AvgIpc) is 2.25. The van der Waals surface area contributed by atoms with Gasteiger partial charge in [0.15, 0.2) is 0 Å². The molecular formula is C12H8ClF2N. The maximum atomic E-state index is 13.3. The normalized spacial score (nSPS) is 10.2. The molecule has 0 fully saturated rings. The third-order valence-corrected chi connectivity index (χ3v) is 2.40. The topological polar surface area (TPSA) is 12.0 Å². The van der Waals surface area contributed by atoms with Gasteiger partial charge < -0.3 is 5.32 Å². The van der Waals surface area contributed by atoms with Crippen LogP contribution in [0.5, 0.6) is 0 Å². The summed E-state index contributed by atoms with van der Waals surface area (Å²) in [4.78, 5) is 0. The molecule has 0 heterocycles. The van der Waals surface area contributed by atoms with E-state index in [4.69, 9.17) is 11.6 Å². The molecule has 16 heavy (non-hydrogen) atoms. The minimum absolute atomic E-state index is 0.189. The molecule has 4 heteroatoms. The first-order valence-electron chi connectivity index (χ1n) is 4.63. The van der Waals surface area contributed by atoms with Gasteiger partial charge in [-0.1, -0.05) is 23.7 Å². The van der Waals surface area contributed by atoms with Gasteiger partial charge in [-0.2, -0.15) is 0 Å². The van der Waals surface area contributed by atoms with Gasteiger partial charge in [-0.25, -0.2) is 8.78 Å². The van der Waals surface area contributed by atoms with E-state index in [9.17, 15) is 8.78 Å². The fraction of sp³-hybridized carbons (Fsp3) is 0. The van der Waals surface area contributed by atoms with Crippen molar-refractivity contribution in [2.24, 2.45) is 0 Å². The lowest BCUT2D eigenvalue weighted by Gasteiger charge is -2.08. The lowest BCUT2D eigenvalue weighted by Crippen LogP contribution is -1.94. The van der Waals surface area contributed by atoms with Crippen LogP contribution in [0.4, 0.5) is 20.2 Å². The van der Waals surface area contributed by atoms with Crippen LogP contribution in [0.25, 0.3) is 0 Å². The van der Waals surface area contributed by atoms with Crippen molar-refractivity contribution in [1.82, 2.24) is 0 Å². The molecule has 0 atom stereocenters. The van der Waals surface area contributed by atoms with Gasteiger partial charge in [0.05, 0.1) is 16.4 Å². The number of nitrogens with one attached hydrogen (secondary N) is 1. The van der Waals surface area contributed by atoms with Gasteiger partial charge in [0.25, 0.3) is 0 Å². The molecule has 0 saturated carbocycles. The second-order valence-electron chi connectivity index (χ2n) is 3.23. The van der Waals surface area contributed by atoms with Crippen LogP contribution in [-0.2, 0) is 0 Å². The molecule has 2 aromatic carbocycles. The van der Waals surface area contributed by atoms with Crippen molar-refractivity contribution < 1.29 is 8.78 Å². The number of hydrogen-bond acceptors (Lipinski definition) is 1. The Labute approximate surface area is 96.7 Å². The van der Waals surface area contributed by atoms with Crippen LogP contribution in [0.3, 0.4) is 0 Å². The molecule has 82 valence electrons. The second kappa shape index (κ2) is 4.49. The second-order valence-corrected chi connectivity index (χ2v) is 3.64. The van der Waals surface area contributed by atoms with Crippen LogP contribution < -0.4 is 5.32 Å². The summed E-state index contributed by atoms with van der Waals surface area (Å²) >= 11 is 5.90. The van der Waals surface area contributed by atoms with Crippen LogP contribution in [0, 0.1) is 11.6 Å². The summed E-state index contributed by atoms with van der Waals surface area (Å²) in [5, 5.41) is 3.27. The van der Waals surface area contributed by atoms with Gasteiger partial charge in [0.1, 0.15) is 11.6 Å². The lowest BCUT2D eigenvalue weighted by atomic mass is 10.2. The standard InChI is InChI=1S/C12H8ClF2N/c13-9-3-1-2-4-11(9)16-12-6-5-8(14)7-10(12)15/h1-7,16H. The van der Waals surface area contributed by atoms with Crippen molar-refractivity contribution in [3.05, 3.63) is 59.1 Å². The highest BCUT2D eigenvalue weighted by atomic mass is 35.5. The molecular weight excluding hydrogens is 232 g/mol. The molecule has 0 saturated heterocycles. The van der Waals surface area contributed by atoms with Crippen LogP contribution in [-0.4, -0.2) is 0 Å². The number of para-hydroxylation sites is 1. The molecule has 0 amide bonds. The largest absolute Gasteiger partial charge is 0.352 e. The Morgan fingerprint density at radius 3 is 2.38 bits per heavy atom. The monoisotopic (exact) mass is 239 g/mol. The SMILES string of the molecule is Fc1ccc(Nc2ccccc2Cl)c(F)c1. The minimum atomic E-state index is -0.653. The first-order chi connectivity index (χ1) is 7.66. The fourth-order valence-electron chi connectivity index (χ4n) is 1.30. The summed E-state index contributed by atoms with van der Waals surface area (Å²) in [6.45, 7) is 0. The lowest BCUT2D eigenvalue weighted by molar-refractivity contribution is 0.586. The van der Waals surface area contributed by atoms with E-state index in [-0.39, 0.29) is 5.69 Å². The number of anilines is 2. The molecule has 0 aliphatic rings. The van der Waals surface area contributed by atoms with E-state index in [0.717, 1.165) is 6.07 Å². The van der Waals surface area contributed by atoms with E-state index in [1.807, 2.05) is 0 Å². The Morgan fingerprint density at radius 2 is 1.69 bits per heavy atom. The van der Waals surface area contributed by atoms with Crippen molar-refractivity contribution in [3.8, 4) is 0 Å². The van der Waals surface area contributed by atoms with Gasteiger partial charge >= 0.3 is 0 Å². The van der Waals surface area contributed by atoms with Crippen molar-refractivity contribution in [3.63, 3.8) is 0 Å². The van der Waals surface area contributed by atoms with Crippen molar-refractivity contribution in [1.29, 1.82) is 0 Å². The molecule has 1 nitrogen and oxygen atoms in total. The van der Waals surface area contributed by atoms with E-state index >= 15 is 0 Å². The van der Waals surface area contributed by atoms with Crippen molar-refractivity contribution in [2.75, 3.05) is 5.32 Å². The zero-order chi connectivity index (χ0) is 11.5. The number of benzene rings is 2. The van der Waals surface area contributed by atoms with E-state index in [0.29, 0.717) is 10.7 Å². The maximum Gasteiger partial charge on any atom is 0.149 e. The Balaban J connectivity index is 2.31. The van der Waals surface area contributed by atoms with E-state index in [1.54, 1.807) is 24.3 Å². The highest BCUT2D eigenvalue weighted by Crippen LogP contribution is 2.26. The molecule has 0 spiro atoms. The third kappa shape index (κ3) is 2.31. The smallest absolute Gasteiger partial charge is 0.149 e. The number of hydrogen-bond donors (Lipinski definition) is 1. The van der Waals surface area contributed by atoms with Crippen molar-refractivity contribution in [2.45, 2.75) is 0 Å². The van der Waals surface area contributed by atoms with Gasteiger partial charge in [-0.15, -0.1) is 0 Å². The van der Waals surface area contributed by atoms with Gasteiger partial charge in [0, 0.05) is 6.07 Å². The van der Waals surface area contributed by atoms with Crippen LogP contribution in [0.15, 0.2) is 42.5 Å². The molecule has 0 bridgehead atoms. The molecule has 0 aromatic heterocycles. The summed E-state index contributed by atoms with van der Waals surface area (Å²) in [6.07, 6.45) is 0. The average molecular weight is 240 g/mol. The van der Waals surface area contributed by atoms with Crippen molar-refractivity contribution >= 4 is 23.0 Å². The molecule has 0 aliphatic carbocycles. The Kier molecular flexibility index (Phi) is 3.06. The molecule has 0 radical (unpaired) electrons. The predicted molar refractivity (Wildman–Crippen MR) is 61.1 cm³/mol. The Bertz CT molecular complexity index is 514. The Hall–Kier alpha value is -1.61. The van der Waals surface area contributed by atoms with Crippen LogP contribution in [0.1, 0.15) is 0 Å². The highest BCUT2D eigenvalue weighted by Gasteiger charge is 2.05. The fourth-order valence-corrected chi connectivity index (χ4v) is 1.48. The highest BCUT2D eigenvalue weighted by molar-refractivity contribution is 6.33. The first-order valence-corrected chi connectivity index (χ1v) is 5.01. The summed E-state index contributed by atoms with van der Waals surface area (Å²) in [5.74, 6) is -1.26. The minimum Gasteiger partial charge on any atom is -0.352 e. The van der Waals surface area contributed by atoms with Gasteiger partial charge in [-0.05, 0) is 24.3 Å². The molecule has 2 aromatic rings. The van der Waals surface area contributed by atoms with E-state index in [2.05, 4.69) is 5.32 Å². The van der Waals surface area contributed by atoms with Crippen LogP contribution >= 0.6 is 11.6 Å². The van der Waals surface area contributed by atoms with Gasteiger partial charge in [-0.3, -0.25) is 0 Å². The van der Waals surface area contributed by atoms with Gasteiger partial charge in [0.2, 0.25) is 0 Å². The predicted octanol–water partition coefficient (Wildman–Crippen LogP) is 4.36. The maximum absolute atomic E-state index is 13.3. The molecule has 2 rings (SSSR count). The zero-order valence-electron chi connectivity index (χ0n) is 8.18. The van der Waals surface area contributed by atoms with E-state index < -0.39 is 11.6 Å². The Morgan fingerprint density at radius 1 is 0.938 bits per heavy atom. The molecule has 0 unspecified atom stereocenters.